The van der Waals surface area contributed by atoms with Gasteiger partial charge in [-0.25, -0.2) is 4.79 Å². The summed E-state index contributed by atoms with van der Waals surface area (Å²) in [6.45, 7) is 0.0884. The fourth-order valence-electron chi connectivity index (χ4n) is 3.63. The van der Waals surface area contributed by atoms with Gasteiger partial charge >= 0.3 is 5.97 Å². The van der Waals surface area contributed by atoms with Crippen LogP contribution in [0, 0.1) is 0 Å². The number of halogens is 1. The number of benzene rings is 2. The zero-order chi connectivity index (χ0) is 24.2. The molecule has 0 unspecified atom stereocenters. The van der Waals surface area contributed by atoms with Gasteiger partial charge in [0.05, 0.1) is 29.3 Å². The van der Waals surface area contributed by atoms with E-state index in [1.165, 1.54) is 42.5 Å². The number of carbonyl (C=O) groups is 5. The highest BCUT2D eigenvalue weighted by molar-refractivity contribution is 6.30. The van der Waals surface area contributed by atoms with E-state index in [1.54, 1.807) is 0 Å². The standard InChI is InChI=1S/C23H20ClN3O7/c24-15-6-3-13(4-7-15)20(29)26-25-19(28)12-34-23(32)14-5-8-17-18(10-14)22(31)27(21(17)30)11-16-2-1-9-33-16/h3-8,10,16H,1-2,9,11-12H2,(H,25,28)(H,26,29)/t16-/m0/s1. The zero-order valence-electron chi connectivity index (χ0n) is 17.8. The second-order valence-corrected chi connectivity index (χ2v) is 8.14. The van der Waals surface area contributed by atoms with Crippen LogP contribution in [0.25, 0.3) is 0 Å². The summed E-state index contributed by atoms with van der Waals surface area (Å²) in [4.78, 5) is 62.6. The molecule has 0 bridgehead atoms. The van der Waals surface area contributed by atoms with Gasteiger partial charge < -0.3 is 9.47 Å². The van der Waals surface area contributed by atoms with Crippen molar-refractivity contribution in [3.05, 3.63) is 69.7 Å². The Morgan fingerprint density at radius 2 is 1.71 bits per heavy atom. The maximum absolute atomic E-state index is 12.7. The molecule has 0 aromatic heterocycles. The van der Waals surface area contributed by atoms with Gasteiger partial charge in [-0.05, 0) is 55.3 Å². The molecule has 2 heterocycles. The third kappa shape index (κ3) is 5.08. The number of ether oxygens (including phenoxy) is 2. The average Bonchev–Trinajstić information content (AvgIpc) is 3.44. The van der Waals surface area contributed by atoms with Gasteiger partial charge in [-0.3, -0.25) is 34.9 Å². The number of hydrogen-bond donors (Lipinski definition) is 2. The summed E-state index contributed by atoms with van der Waals surface area (Å²) in [6, 6.07) is 10.0. The van der Waals surface area contributed by atoms with Crippen molar-refractivity contribution >= 4 is 41.2 Å². The topological polar surface area (TPSA) is 131 Å². The van der Waals surface area contributed by atoms with Crippen LogP contribution in [0.3, 0.4) is 0 Å². The minimum Gasteiger partial charge on any atom is -0.452 e. The number of nitrogens with one attached hydrogen (secondary N) is 2. The van der Waals surface area contributed by atoms with Crippen LogP contribution < -0.4 is 10.9 Å². The Morgan fingerprint density at radius 1 is 1.00 bits per heavy atom. The Morgan fingerprint density at radius 3 is 2.41 bits per heavy atom. The lowest BCUT2D eigenvalue weighted by Crippen LogP contribution is -2.43. The van der Waals surface area contributed by atoms with E-state index >= 15 is 0 Å². The number of rotatable bonds is 6. The van der Waals surface area contributed by atoms with Crippen molar-refractivity contribution in [2.45, 2.75) is 18.9 Å². The molecule has 1 fully saturated rings. The second-order valence-electron chi connectivity index (χ2n) is 7.70. The molecule has 4 rings (SSSR count). The number of hydrogen-bond acceptors (Lipinski definition) is 7. The van der Waals surface area contributed by atoms with E-state index in [0.717, 1.165) is 17.7 Å². The third-order valence-electron chi connectivity index (χ3n) is 5.37. The fraction of sp³-hybridized carbons (Fsp3) is 0.261. The van der Waals surface area contributed by atoms with Crippen LogP contribution in [0.15, 0.2) is 42.5 Å². The van der Waals surface area contributed by atoms with Gasteiger partial charge in [0.2, 0.25) is 0 Å². The smallest absolute Gasteiger partial charge is 0.338 e. The Labute approximate surface area is 199 Å². The lowest BCUT2D eigenvalue weighted by molar-refractivity contribution is -0.125. The van der Waals surface area contributed by atoms with Crippen molar-refractivity contribution in [3.8, 4) is 0 Å². The van der Waals surface area contributed by atoms with Crippen molar-refractivity contribution in [1.82, 2.24) is 15.8 Å². The number of carbonyl (C=O) groups excluding carboxylic acids is 5. The molecule has 2 aromatic carbocycles. The molecule has 34 heavy (non-hydrogen) atoms. The first-order chi connectivity index (χ1) is 16.3. The van der Waals surface area contributed by atoms with Crippen LogP contribution in [0.1, 0.15) is 54.3 Å². The molecule has 11 heteroatoms. The SMILES string of the molecule is O=C(COC(=O)c1ccc2c(c1)C(=O)N(C[C@@H]1CCCO1)C2=O)NNC(=O)c1ccc(Cl)cc1. The molecule has 2 N–H and O–H groups in total. The van der Waals surface area contributed by atoms with Gasteiger partial charge in [-0.2, -0.15) is 0 Å². The van der Waals surface area contributed by atoms with Crippen LogP contribution in [0.5, 0.6) is 0 Å². The molecule has 4 amide bonds. The Bertz CT molecular complexity index is 1160. The monoisotopic (exact) mass is 485 g/mol. The van der Waals surface area contributed by atoms with Gasteiger partial charge in [0, 0.05) is 17.2 Å². The molecule has 10 nitrogen and oxygen atoms in total. The zero-order valence-corrected chi connectivity index (χ0v) is 18.6. The van der Waals surface area contributed by atoms with Crippen molar-refractivity contribution in [3.63, 3.8) is 0 Å². The first-order valence-electron chi connectivity index (χ1n) is 10.5. The third-order valence-corrected chi connectivity index (χ3v) is 5.62. The quantitative estimate of drug-likeness (QED) is 0.362. The summed E-state index contributed by atoms with van der Waals surface area (Å²) in [5, 5.41) is 0.459. The summed E-state index contributed by atoms with van der Waals surface area (Å²) in [7, 11) is 0. The molecule has 1 atom stereocenters. The second kappa shape index (κ2) is 10.0. The van der Waals surface area contributed by atoms with Crippen molar-refractivity contribution in [2.24, 2.45) is 0 Å². The Kier molecular flexibility index (Phi) is 6.90. The van der Waals surface area contributed by atoms with Crippen molar-refractivity contribution in [1.29, 1.82) is 0 Å². The molecule has 0 spiro atoms. The lowest BCUT2D eigenvalue weighted by atomic mass is 10.1. The molecule has 2 aliphatic rings. The molecule has 2 aliphatic heterocycles. The van der Waals surface area contributed by atoms with Crippen molar-refractivity contribution in [2.75, 3.05) is 19.8 Å². The maximum atomic E-state index is 12.7. The van der Waals surface area contributed by atoms with Gasteiger partial charge in [-0.15, -0.1) is 0 Å². The van der Waals surface area contributed by atoms with Gasteiger partial charge in [0.25, 0.3) is 23.6 Å². The van der Waals surface area contributed by atoms with E-state index in [4.69, 9.17) is 21.1 Å². The van der Waals surface area contributed by atoms with Gasteiger partial charge in [0.1, 0.15) is 0 Å². The van der Waals surface area contributed by atoms with E-state index in [0.29, 0.717) is 11.6 Å². The maximum Gasteiger partial charge on any atom is 0.338 e. The summed E-state index contributed by atoms with van der Waals surface area (Å²) < 4.78 is 10.5. The number of fused-ring (bicyclic) bond motifs is 1. The van der Waals surface area contributed by atoms with Gasteiger partial charge in [0.15, 0.2) is 6.61 Å². The fourth-order valence-corrected chi connectivity index (χ4v) is 3.75. The van der Waals surface area contributed by atoms with Crippen molar-refractivity contribution < 1.29 is 33.4 Å². The molecular weight excluding hydrogens is 466 g/mol. The molecule has 0 aliphatic carbocycles. The highest BCUT2D eigenvalue weighted by atomic mass is 35.5. The van der Waals surface area contributed by atoms with Crippen LogP contribution in [0.4, 0.5) is 0 Å². The van der Waals surface area contributed by atoms with E-state index in [2.05, 4.69) is 10.9 Å². The molecular formula is C23H20ClN3O7. The van der Waals surface area contributed by atoms with E-state index in [-0.39, 0.29) is 34.9 Å². The van der Waals surface area contributed by atoms with Crippen LogP contribution in [-0.2, 0) is 14.3 Å². The summed E-state index contributed by atoms with van der Waals surface area (Å²) in [5.74, 6) is -3.16. The first kappa shape index (κ1) is 23.4. The van der Waals surface area contributed by atoms with E-state index < -0.39 is 36.2 Å². The van der Waals surface area contributed by atoms with Crippen LogP contribution in [0.2, 0.25) is 5.02 Å². The predicted molar refractivity (Wildman–Crippen MR) is 118 cm³/mol. The highest BCUT2D eigenvalue weighted by Gasteiger charge is 2.38. The van der Waals surface area contributed by atoms with E-state index in [9.17, 15) is 24.0 Å². The summed E-state index contributed by atoms with van der Waals surface area (Å²) >= 11 is 5.76. The number of esters is 1. The minimum atomic E-state index is -0.861. The van der Waals surface area contributed by atoms with Crippen LogP contribution in [-0.4, -0.2) is 60.4 Å². The Hall–Kier alpha value is -3.76. The number of nitrogens with zero attached hydrogens (tertiary/aromatic N) is 1. The summed E-state index contributed by atoms with van der Waals surface area (Å²) in [5.41, 5.74) is 4.89. The molecule has 0 radical (unpaired) electrons. The molecule has 0 saturated carbocycles. The summed E-state index contributed by atoms with van der Waals surface area (Å²) in [6.07, 6.45) is 1.46. The molecule has 176 valence electrons. The predicted octanol–water partition coefficient (Wildman–Crippen LogP) is 1.73. The van der Waals surface area contributed by atoms with E-state index in [1.807, 2.05) is 0 Å². The minimum absolute atomic E-state index is 0.0110. The van der Waals surface area contributed by atoms with Crippen LogP contribution >= 0.6 is 11.6 Å². The molecule has 2 aromatic rings. The number of imide groups is 1. The largest absolute Gasteiger partial charge is 0.452 e. The first-order valence-corrected chi connectivity index (χ1v) is 10.8. The average molecular weight is 486 g/mol. The number of amides is 4. The Balaban J connectivity index is 1.30. The number of hydrazine groups is 1. The highest BCUT2D eigenvalue weighted by Crippen LogP contribution is 2.26. The molecule has 1 saturated heterocycles. The van der Waals surface area contributed by atoms with Gasteiger partial charge in [-0.1, -0.05) is 11.6 Å². The lowest BCUT2D eigenvalue weighted by Gasteiger charge is -2.17. The normalized spacial score (nSPS) is 16.9.